The van der Waals surface area contributed by atoms with Crippen LogP contribution in [0.25, 0.3) is 0 Å². The lowest BCUT2D eigenvalue weighted by Crippen LogP contribution is -2.31. The lowest BCUT2D eigenvalue weighted by atomic mass is 10.1. The third-order valence-electron chi connectivity index (χ3n) is 3.18. The van der Waals surface area contributed by atoms with Crippen molar-refractivity contribution in [3.05, 3.63) is 0 Å². The zero-order valence-corrected chi connectivity index (χ0v) is 7.18. The van der Waals surface area contributed by atoms with E-state index in [0.29, 0.717) is 5.41 Å². The highest BCUT2D eigenvalue weighted by Gasteiger charge is 2.48. The van der Waals surface area contributed by atoms with Crippen LogP contribution in [0.4, 0.5) is 0 Å². The average Bonchev–Trinajstić information content (AvgIpc) is 2.61. The summed E-state index contributed by atoms with van der Waals surface area (Å²) in [6.07, 6.45) is 4.37. The smallest absolute Gasteiger partial charge is 0.146 e. The zero-order chi connectivity index (χ0) is 7.90. The number of hydrogen-bond donors (Lipinski definition) is 0. The van der Waals surface area contributed by atoms with Crippen molar-refractivity contribution in [1.29, 1.82) is 0 Å². The molecule has 1 saturated heterocycles. The monoisotopic (exact) mass is 154 g/mol. The standard InChI is InChI=1S/C9H16NO/c1-2-8(11)10-6-5-9(7-10)3-4-9/h8H,2-7H2,1H3. The molecule has 2 heteroatoms. The Bertz CT molecular complexity index is 154. The Kier molecular flexibility index (Phi) is 1.69. The van der Waals surface area contributed by atoms with Gasteiger partial charge in [0.1, 0.15) is 6.23 Å². The first-order valence-electron chi connectivity index (χ1n) is 4.66. The molecular formula is C9H16NO. The van der Waals surface area contributed by atoms with Crippen molar-refractivity contribution in [3.8, 4) is 0 Å². The molecule has 0 bridgehead atoms. The van der Waals surface area contributed by atoms with Crippen molar-refractivity contribution in [2.45, 2.75) is 38.8 Å². The van der Waals surface area contributed by atoms with Crippen LogP contribution in [-0.2, 0) is 5.11 Å². The van der Waals surface area contributed by atoms with Crippen molar-refractivity contribution in [3.63, 3.8) is 0 Å². The quantitative estimate of drug-likeness (QED) is 0.593. The van der Waals surface area contributed by atoms with Gasteiger partial charge in [-0.15, -0.1) is 0 Å². The third kappa shape index (κ3) is 1.30. The fraction of sp³-hybridized carbons (Fsp3) is 1.00. The Morgan fingerprint density at radius 3 is 2.64 bits per heavy atom. The van der Waals surface area contributed by atoms with Gasteiger partial charge in [-0.3, -0.25) is 4.90 Å². The molecule has 2 nitrogen and oxygen atoms in total. The number of nitrogens with zero attached hydrogens (tertiary/aromatic N) is 1. The van der Waals surface area contributed by atoms with Crippen LogP contribution < -0.4 is 0 Å². The SMILES string of the molecule is CCC([O])N1CCC2(CC2)C1. The summed E-state index contributed by atoms with van der Waals surface area (Å²) in [6.45, 7) is 4.13. The van der Waals surface area contributed by atoms with Crippen LogP contribution >= 0.6 is 0 Å². The molecule has 0 aromatic heterocycles. The molecule has 1 aliphatic carbocycles. The van der Waals surface area contributed by atoms with Crippen molar-refractivity contribution >= 4 is 0 Å². The van der Waals surface area contributed by atoms with E-state index in [0.717, 1.165) is 19.5 Å². The minimum absolute atomic E-state index is 0.421. The lowest BCUT2D eigenvalue weighted by molar-refractivity contribution is -0.0403. The van der Waals surface area contributed by atoms with E-state index < -0.39 is 6.23 Å². The van der Waals surface area contributed by atoms with E-state index in [1.54, 1.807) is 0 Å². The molecule has 11 heavy (non-hydrogen) atoms. The first-order valence-corrected chi connectivity index (χ1v) is 4.66. The average molecular weight is 154 g/mol. The molecule has 0 aromatic rings. The minimum atomic E-state index is -0.421. The second-order valence-electron chi connectivity index (χ2n) is 4.08. The van der Waals surface area contributed by atoms with E-state index in [1.807, 2.05) is 6.92 Å². The van der Waals surface area contributed by atoms with Crippen LogP contribution in [0, 0.1) is 5.41 Å². The van der Waals surface area contributed by atoms with Crippen LogP contribution in [0.1, 0.15) is 32.6 Å². The maximum absolute atomic E-state index is 11.3. The van der Waals surface area contributed by atoms with E-state index in [4.69, 9.17) is 0 Å². The van der Waals surface area contributed by atoms with E-state index in [2.05, 4.69) is 4.90 Å². The van der Waals surface area contributed by atoms with Gasteiger partial charge in [-0.05, 0) is 31.1 Å². The predicted octanol–water partition coefficient (Wildman–Crippen LogP) is 1.64. The molecular weight excluding hydrogens is 138 g/mol. The fourth-order valence-electron chi connectivity index (χ4n) is 2.06. The Morgan fingerprint density at radius 2 is 2.18 bits per heavy atom. The second-order valence-corrected chi connectivity index (χ2v) is 4.08. The highest BCUT2D eigenvalue weighted by Crippen LogP contribution is 2.52. The Hall–Kier alpha value is -0.0800. The molecule has 0 N–H and O–H groups in total. The van der Waals surface area contributed by atoms with Crippen molar-refractivity contribution in [2.75, 3.05) is 13.1 Å². The van der Waals surface area contributed by atoms with E-state index in [1.165, 1.54) is 19.3 Å². The molecule has 2 aliphatic rings. The maximum atomic E-state index is 11.3. The molecule has 1 spiro atoms. The van der Waals surface area contributed by atoms with Crippen molar-refractivity contribution in [1.82, 2.24) is 4.90 Å². The highest BCUT2D eigenvalue weighted by molar-refractivity contribution is 5.00. The van der Waals surface area contributed by atoms with Gasteiger partial charge < -0.3 is 0 Å². The fourth-order valence-corrected chi connectivity index (χ4v) is 2.06. The Labute approximate surface area is 68.2 Å². The van der Waals surface area contributed by atoms with Crippen LogP contribution in [-0.4, -0.2) is 24.2 Å². The Balaban J connectivity index is 1.88. The summed E-state index contributed by atoms with van der Waals surface area (Å²) in [5, 5.41) is 11.3. The van der Waals surface area contributed by atoms with Crippen LogP contribution in [0.5, 0.6) is 0 Å². The summed E-state index contributed by atoms with van der Waals surface area (Å²) in [6, 6.07) is 0. The molecule has 1 aliphatic heterocycles. The summed E-state index contributed by atoms with van der Waals surface area (Å²) in [5.74, 6) is 0. The molecule has 1 unspecified atom stereocenters. The molecule has 0 aromatic carbocycles. The summed E-state index contributed by atoms with van der Waals surface area (Å²) >= 11 is 0. The van der Waals surface area contributed by atoms with Gasteiger partial charge in [-0.25, -0.2) is 5.11 Å². The normalized spacial score (nSPS) is 31.1. The van der Waals surface area contributed by atoms with Crippen molar-refractivity contribution in [2.24, 2.45) is 5.41 Å². The number of rotatable bonds is 2. The van der Waals surface area contributed by atoms with E-state index in [9.17, 15) is 5.11 Å². The molecule has 0 amide bonds. The predicted molar refractivity (Wildman–Crippen MR) is 42.6 cm³/mol. The summed E-state index contributed by atoms with van der Waals surface area (Å²) < 4.78 is 0. The molecule has 63 valence electrons. The van der Waals surface area contributed by atoms with E-state index in [-0.39, 0.29) is 0 Å². The largest absolute Gasteiger partial charge is 0.275 e. The first-order chi connectivity index (χ1) is 5.26. The molecule has 2 rings (SSSR count). The van der Waals surface area contributed by atoms with Crippen molar-refractivity contribution < 1.29 is 5.11 Å². The van der Waals surface area contributed by atoms with Crippen LogP contribution in [0.15, 0.2) is 0 Å². The summed E-state index contributed by atoms with van der Waals surface area (Å²) in [7, 11) is 0. The van der Waals surface area contributed by atoms with Gasteiger partial charge in [0.2, 0.25) is 0 Å². The molecule has 1 heterocycles. The van der Waals surface area contributed by atoms with Gasteiger partial charge in [0.25, 0.3) is 0 Å². The molecule has 1 saturated carbocycles. The van der Waals surface area contributed by atoms with Gasteiger partial charge in [-0.1, -0.05) is 6.92 Å². The van der Waals surface area contributed by atoms with Gasteiger partial charge in [-0.2, -0.15) is 0 Å². The zero-order valence-electron chi connectivity index (χ0n) is 7.18. The Morgan fingerprint density at radius 1 is 1.45 bits per heavy atom. The molecule has 2 fully saturated rings. The van der Waals surface area contributed by atoms with Crippen LogP contribution in [0.2, 0.25) is 0 Å². The van der Waals surface area contributed by atoms with E-state index >= 15 is 0 Å². The van der Waals surface area contributed by atoms with Gasteiger partial charge in [0, 0.05) is 13.1 Å². The van der Waals surface area contributed by atoms with Gasteiger partial charge in [0.15, 0.2) is 0 Å². The molecule has 1 radical (unpaired) electrons. The summed E-state index contributed by atoms with van der Waals surface area (Å²) in [4.78, 5) is 2.12. The number of likely N-dealkylation sites (tertiary alicyclic amines) is 1. The van der Waals surface area contributed by atoms with Gasteiger partial charge in [0.05, 0.1) is 0 Å². The minimum Gasteiger partial charge on any atom is -0.275 e. The summed E-state index contributed by atoms with van der Waals surface area (Å²) in [5.41, 5.74) is 0.623. The maximum Gasteiger partial charge on any atom is 0.146 e. The number of hydrogen-bond acceptors (Lipinski definition) is 1. The lowest BCUT2D eigenvalue weighted by Gasteiger charge is -2.19. The second kappa shape index (κ2) is 2.46. The van der Waals surface area contributed by atoms with Gasteiger partial charge >= 0.3 is 0 Å². The third-order valence-corrected chi connectivity index (χ3v) is 3.18. The topological polar surface area (TPSA) is 23.1 Å². The first kappa shape index (κ1) is 7.56. The molecule has 1 atom stereocenters. The highest BCUT2D eigenvalue weighted by atomic mass is 16.3. The van der Waals surface area contributed by atoms with Crippen LogP contribution in [0.3, 0.4) is 0 Å².